The molecule has 0 unspecified atom stereocenters. The van der Waals surface area contributed by atoms with E-state index in [9.17, 15) is 14.0 Å². The van der Waals surface area contributed by atoms with E-state index in [1.54, 1.807) is 36.4 Å². The lowest BCUT2D eigenvalue weighted by Crippen LogP contribution is -2.22. The van der Waals surface area contributed by atoms with Crippen LogP contribution in [0.4, 0.5) is 10.1 Å². The zero-order chi connectivity index (χ0) is 17.6. The van der Waals surface area contributed by atoms with Gasteiger partial charge in [0, 0.05) is 12.2 Å². The molecule has 8 heteroatoms. The molecule has 3 aromatic rings. The highest BCUT2D eigenvalue weighted by atomic mass is 32.1. The average molecular weight is 356 g/mol. The summed E-state index contributed by atoms with van der Waals surface area (Å²) >= 11 is 0.900. The number of anilines is 1. The minimum atomic E-state index is -0.444. The first kappa shape index (κ1) is 16.7. The molecule has 0 fully saturated rings. The molecule has 25 heavy (non-hydrogen) atoms. The molecular weight excluding hydrogens is 343 g/mol. The van der Waals surface area contributed by atoms with Crippen LogP contribution in [0.3, 0.4) is 0 Å². The third kappa shape index (κ3) is 4.45. The smallest absolute Gasteiger partial charge is 0.286 e. The normalized spacial score (nSPS) is 10.3. The molecular formula is C17H13FN4O2S. The summed E-state index contributed by atoms with van der Waals surface area (Å²) in [4.78, 5) is 24.2. The monoisotopic (exact) mass is 356 g/mol. The van der Waals surface area contributed by atoms with E-state index in [-0.39, 0.29) is 22.4 Å². The second kappa shape index (κ2) is 7.63. The number of carbonyl (C=O) groups is 2. The highest BCUT2D eigenvalue weighted by Gasteiger charge is 2.17. The number of benzene rings is 2. The van der Waals surface area contributed by atoms with Crippen LogP contribution in [-0.4, -0.2) is 22.0 Å². The Morgan fingerprint density at radius 3 is 2.24 bits per heavy atom. The first-order chi connectivity index (χ1) is 12.1. The van der Waals surface area contributed by atoms with E-state index in [0.717, 1.165) is 16.9 Å². The second-order valence-electron chi connectivity index (χ2n) is 5.04. The van der Waals surface area contributed by atoms with Crippen molar-refractivity contribution in [2.24, 2.45) is 0 Å². The SMILES string of the molecule is O=C(NCc1ccc(F)cc1)c1nnc(C(=O)Nc2ccccc2)s1. The molecule has 2 amide bonds. The summed E-state index contributed by atoms with van der Waals surface area (Å²) in [7, 11) is 0. The Hall–Kier alpha value is -3.13. The van der Waals surface area contributed by atoms with Gasteiger partial charge in [-0.05, 0) is 29.8 Å². The molecule has 2 N–H and O–H groups in total. The van der Waals surface area contributed by atoms with Gasteiger partial charge in [0.1, 0.15) is 5.82 Å². The fourth-order valence-electron chi connectivity index (χ4n) is 1.97. The Bertz CT molecular complexity index is 881. The van der Waals surface area contributed by atoms with Gasteiger partial charge in [-0.2, -0.15) is 0 Å². The molecule has 0 atom stereocenters. The van der Waals surface area contributed by atoms with Gasteiger partial charge in [-0.15, -0.1) is 10.2 Å². The summed E-state index contributed by atoms with van der Waals surface area (Å²) in [5.41, 5.74) is 1.38. The number of carbonyl (C=O) groups excluding carboxylic acids is 2. The average Bonchev–Trinajstić information content (AvgIpc) is 3.12. The zero-order valence-corrected chi connectivity index (χ0v) is 13.7. The number of aromatic nitrogens is 2. The van der Waals surface area contributed by atoms with Gasteiger partial charge in [-0.1, -0.05) is 41.7 Å². The predicted octanol–water partition coefficient (Wildman–Crippen LogP) is 2.86. The van der Waals surface area contributed by atoms with E-state index in [1.165, 1.54) is 12.1 Å². The summed E-state index contributed by atoms with van der Waals surface area (Å²) in [6.07, 6.45) is 0. The van der Waals surface area contributed by atoms with Crippen LogP contribution in [-0.2, 0) is 6.54 Å². The third-order valence-electron chi connectivity index (χ3n) is 3.21. The fraction of sp³-hybridized carbons (Fsp3) is 0.0588. The Morgan fingerprint density at radius 2 is 1.56 bits per heavy atom. The fourth-order valence-corrected chi connectivity index (χ4v) is 2.63. The van der Waals surface area contributed by atoms with Crippen molar-refractivity contribution in [3.05, 3.63) is 76.0 Å². The molecule has 0 aliphatic heterocycles. The van der Waals surface area contributed by atoms with Crippen molar-refractivity contribution < 1.29 is 14.0 Å². The van der Waals surface area contributed by atoms with E-state index < -0.39 is 11.8 Å². The lowest BCUT2D eigenvalue weighted by molar-refractivity contribution is 0.0948. The molecule has 126 valence electrons. The Balaban J connectivity index is 1.59. The molecule has 2 aromatic carbocycles. The van der Waals surface area contributed by atoms with Gasteiger partial charge in [0.05, 0.1) is 0 Å². The van der Waals surface area contributed by atoms with Crippen LogP contribution in [0.2, 0.25) is 0 Å². The highest BCUT2D eigenvalue weighted by molar-refractivity contribution is 7.15. The largest absolute Gasteiger partial charge is 0.346 e. The summed E-state index contributed by atoms with van der Waals surface area (Å²) in [6, 6.07) is 14.7. The maximum Gasteiger partial charge on any atom is 0.286 e. The molecule has 0 saturated carbocycles. The second-order valence-corrected chi connectivity index (χ2v) is 6.02. The lowest BCUT2D eigenvalue weighted by Gasteiger charge is -2.02. The van der Waals surface area contributed by atoms with Gasteiger partial charge in [0.2, 0.25) is 10.0 Å². The maximum absolute atomic E-state index is 12.8. The van der Waals surface area contributed by atoms with Crippen molar-refractivity contribution in [2.75, 3.05) is 5.32 Å². The molecule has 3 rings (SSSR count). The van der Waals surface area contributed by atoms with Crippen LogP contribution in [0, 0.1) is 5.82 Å². The molecule has 0 aliphatic carbocycles. The molecule has 1 aromatic heterocycles. The number of para-hydroxylation sites is 1. The van der Waals surface area contributed by atoms with Crippen LogP contribution in [0.25, 0.3) is 0 Å². The van der Waals surface area contributed by atoms with Crippen molar-refractivity contribution in [1.82, 2.24) is 15.5 Å². The van der Waals surface area contributed by atoms with Crippen molar-refractivity contribution in [1.29, 1.82) is 0 Å². The maximum atomic E-state index is 12.8. The summed E-state index contributed by atoms with van der Waals surface area (Å²) < 4.78 is 12.8. The number of rotatable bonds is 5. The number of amides is 2. The molecule has 0 radical (unpaired) electrons. The van der Waals surface area contributed by atoms with Gasteiger partial charge in [-0.25, -0.2) is 4.39 Å². The van der Waals surface area contributed by atoms with Crippen molar-refractivity contribution >= 4 is 28.8 Å². The highest BCUT2D eigenvalue weighted by Crippen LogP contribution is 2.13. The summed E-state index contributed by atoms with van der Waals surface area (Å²) in [5, 5.41) is 13.0. The number of hydrogen-bond acceptors (Lipinski definition) is 5. The summed E-state index contributed by atoms with van der Waals surface area (Å²) in [6.45, 7) is 0.226. The minimum Gasteiger partial charge on any atom is -0.346 e. The van der Waals surface area contributed by atoms with Crippen LogP contribution in [0.5, 0.6) is 0 Å². The van der Waals surface area contributed by atoms with Crippen molar-refractivity contribution in [3.8, 4) is 0 Å². The summed E-state index contributed by atoms with van der Waals surface area (Å²) in [5.74, 6) is -1.21. The minimum absolute atomic E-state index is 0.0836. The molecule has 0 aliphatic rings. The zero-order valence-electron chi connectivity index (χ0n) is 12.9. The Kier molecular flexibility index (Phi) is 5.10. The predicted molar refractivity (Wildman–Crippen MR) is 91.9 cm³/mol. The van der Waals surface area contributed by atoms with Gasteiger partial charge in [0.25, 0.3) is 11.8 Å². The van der Waals surface area contributed by atoms with Crippen molar-refractivity contribution in [3.63, 3.8) is 0 Å². The standard InChI is InChI=1S/C17H13FN4O2S/c18-12-8-6-11(7-9-12)10-19-14(23)16-21-22-17(25-16)15(24)20-13-4-2-1-3-5-13/h1-9H,10H2,(H,19,23)(H,20,24). The first-order valence-corrected chi connectivity index (χ1v) is 8.16. The van der Waals surface area contributed by atoms with E-state index in [1.807, 2.05) is 6.07 Å². The van der Waals surface area contributed by atoms with E-state index in [4.69, 9.17) is 0 Å². The van der Waals surface area contributed by atoms with Crippen LogP contribution >= 0.6 is 11.3 Å². The number of hydrogen-bond donors (Lipinski definition) is 2. The topological polar surface area (TPSA) is 84.0 Å². The van der Waals surface area contributed by atoms with Gasteiger partial charge < -0.3 is 10.6 Å². The van der Waals surface area contributed by atoms with E-state index in [0.29, 0.717) is 5.69 Å². The Morgan fingerprint density at radius 1 is 0.920 bits per heavy atom. The molecule has 0 spiro atoms. The van der Waals surface area contributed by atoms with Gasteiger partial charge in [0.15, 0.2) is 0 Å². The van der Waals surface area contributed by atoms with Crippen LogP contribution < -0.4 is 10.6 Å². The lowest BCUT2D eigenvalue weighted by atomic mass is 10.2. The van der Waals surface area contributed by atoms with E-state index >= 15 is 0 Å². The number of halogens is 1. The molecule has 1 heterocycles. The van der Waals surface area contributed by atoms with E-state index in [2.05, 4.69) is 20.8 Å². The van der Waals surface area contributed by atoms with Crippen LogP contribution in [0.1, 0.15) is 25.2 Å². The van der Waals surface area contributed by atoms with Gasteiger partial charge in [-0.3, -0.25) is 9.59 Å². The molecule has 6 nitrogen and oxygen atoms in total. The molecule has 0 saturated heterocycles. The number of nitrogens with zero attached hydrogens (tertiary/aromatic N) is 2. The quantitative estimate of drug-likeness (QED) is 0.736. The third-order valence-corrected chi connectivity index (χ3v) is 4.13. The Labute approximate surface area is 146 Å². The first-order valence-electron chi connectivity index (χ1n) is 7.34. The molecule has 0 bridgehead atoms. The number of nitrogens with one attached hydrogen (secondary N) is 2. The van der Waals surface area contributed by atoms with Gasteiger partial charge >= 0.3 is 0 Å². The van der Waals surface area contributed by atoms with Crippen LogP contribution in [0.15, 0.2) is 54.6 Å². The van der Waals surface area contributed by atoms with Crippen molar-refractivity contribution in [2.45, 2.75) is 6.54 Å².